The minimum absolute atomic E-state index is 0.0130. The molecule has 0 fully saturated rings. The van der Waals surface area contributed by atoms with Gasteiger partial charge in [-0.15, -0.1) is 0 Å². The van der Waals surface area contributed by atoms with Crippen LogP contribution in [0.15, 0.2) is 378 Å². The Hall–Kier alpha value is -14.7. The average molecular weight is 1770 g/mol. The molecule has 124 heavy (non-hydrogen) atoms. The standard InChI is InChI=1S/C16H11N3O2S.C16H14N2O4S2.C16H14N2O3S.C16H12N2O.C15H12N2O2S.C12H14N2O2S/c17-10-12-4-1-2-7-16(12)22(20,21)19-15-6-3-5-13-11-18-9-8-14(13)15;1-23(19,20)13-5-7-14(8-6-13)24(21,22)18-16-4-2-3-12-11-17-10-9-15(12)16;1-21-13-5-7-14(8-6-13)22(19,20)18-16-4-2-3-12-11-17-10-9-15(12)16;19-16(12-6-2-1-3-7-12)18-15-11-17-10-13-8-4-5-9-14(13)15;18-20(19,13-7-2-1-3-8-13)17-15-11-16-10-12-6-4-5-9-14(12)15;1-9(2)17(15,16)14-12-5-3-4-10-8-13-7-6-11(10)12/h1-9,11,19H;2-11,18H,1H3;2-11,18H,1H3;1-11H,(H,18,19);1-11,17H;3-9,14H,1-2H3. The number of carbonyl (C=O) groups excluding carboxylic acids is 1. The third-order valence-corrected chi connectivity index (χ3v) is 26.9. The monoisotopic (exact) mass is 1770 g/mol. The van der Waals surface area contributed by atoms with Crippen LogP contribution in [0.1, 0.15) is 29.8 Å². The molecule has 0 aliphatic rings. The number of hydrogen-bond acceptors (Lipinski definition) is 21. The minimum atomic E-state index is -3.84. The van der Waals surface area contributed by atoms with Crippen LogP contribution >= 0.6 is 0 Å². The molecule has 0 bridgehead atoms. The molecule has 0 atom stereocenters. The van der Waals surface area contributed by atoms with Gasteiger partial charge in [-0.25, -0.2) is 50.5 Å². The molecule has 17 rings (SSSR count). The largest absolute Gasteiger partial charge is 0.497 e. The highest BCUT2D eigenvalue weighted by Gasteiger charge is 2.23. The van der Waals surface area contributed by atoms with E-state index in [9.17, 15) is 55.3 Å². The van der Waals surface area contributed by atoms with E-state index in [0.29, 0.717) is 39.7 Å². The van der Waals surface area contributed by atoms with E-state index in [1.54, 1.807) is 215 Å². The number of sulfone groups is 1. The molecule has 1 amide bonds. The first-order valence-corrected chi connectivity index (χ1v) is 46.8. The van der Waals surface area contributed by atoms with E-state index >= 15 is 0 Å². The fraction of sp³-hybridized carbons (Fsp3) is 0.0549. The zero-order chi connectivity index (χ0) is 88.1. The summed E-state index contributed by atoms with van der Waals surface area (Å²) in [4.78, 5) is 36.8. The van der Waals surface area contributed by atoms with Gasteiger partial charge in [-0.2, -0.15) is 5.26 Å². The van der Waals surface area contributed by atoms with Gasteiger partial charge in [0.1, 0.15) is 16.7 Å². The normalized spacial score (nSPS) is 11.4. The van der Waals surface area contributed by atoms with Crippen molar-refractivity contribution in [3.63, 3.8) is 0 Å². The van der Waals surface area contributed by atoms with Crippen molar-refractivity contribution in [3.05, 3.63) is 365 Å². The van der Waals surface area contributed by atoms with E-state index in [1.807, 2.05) is 103 Å². The molecular weight excluding hydrogens is 1690 g/mol. The highest BCUT2D eigenvalue weighted by atomic mass is 32.2. The molecule has 6 N–H and O–H groups in total. The van der Waals surface area contributed by atoms with Crippen molar-refractivity contribution in [2.24, 2.45) is 0 Å². The SMILES string of the molecule is CC(C)S(=O)(=O)Nc1cccc2cnccc12.COc1ccc(S(=O)(=O)Nc2cccc3cnccc23)cc1.CS(=O)(=O)c1ccc(S(=O)(=O)Nc2cccc3cnccc23)cc1.N#Cc1ccccc1S(=O)(=O)Nc1cccc2cnccc12.O=C(Nc1cncc2ccccc12)c1ccccc1.O=S(=O)(Nc1cncc2ccccc12)c1ccccc1. The second-order valence-corrected chi connectivity index (χ2v) is 38.2. The molecule has 0 unspecified atom stereocenters. The van der Waals surface area contributed by atoms with Gasteiger partial charge in [0.05, 0.1) is 84.0 Å². The number of methoxy groups -OCH3 is 1. The molecule has 6 heterocycles. The Labute approximate surface area is 716 Å². The highest BCUT2D eigenvalue weighted by Crippen LogP contribution is 2.32. The number of aromatic nitrogens is 6. The van der Waals surface area contributed by atoms with Gasteiger partial charge >= 0.3 is 0 Å². The molecule has 0 aliphatic heterocycles. The van der Waals surface area contributed by atoms with Crippen molar-refractivity contribution in [2.45, 2.75) is 43.6 Å². The highest BCUT2D eigenvalue weighted by molar-refractivity contribution is 7.94. The predicted octanol–water partition coefficient (Wildman–Crippen LogP) is 17.3. The number of sulfonamides is 5. The summed E-state index contributed by atoms with van der Waals surface area (Å²) >= 11 is 0. The lowest BCUT2D eigenvalue weighted by Gasteiger charge is -2.12. The number of rotatable bonds is 19. The third-order valence-electron chi connectivity index (χ3n) is 18.5. The summed E-state index contributed by atoms with van der Waals surface area (Å²) in [5, 5.41) is 21.8. The predicted molar refractivity (Wildman–Crippen MR) is 486 cm³/mol. The van der Waals surface area contributed by atoms with Gasteiger partial charge in [0.15, 0.2) is 9.84 Å². The van der Waals surface area contributed by atoms with Crippen molar-refractivity contribution in [1.82, 2.24) is 29.9 Å². The van der Waals surface area contributed by atoms with Crippen LogP contribution in [0.5, 0.6) is 5.75 Å². The number of fused-ring (bicyclic) bond motifs is 6. The van der Waals surface area contributed by atoms with E-state index in [0.717, 1.165) is 76.6 Å². The third kappa shape index (κ3) is 22.7. The number of carbonyl (C=O) groups is 1. The summed E-state index contributed by atoms with van der Waals surface area (Å²) in [5.74, 6) is 0.480. The van der Waals surface area contributed by atoms with Crippen molar-refractivity contribution in [1.29, 1.82) is 5.26 Å². The summed E-state index contributed by atoms with van der Waals surface area (Å²) < 4.78 is 164. The van der Waals surface area contributed by atoms with E-state index in [-0.39, 0.29) is 35.9 Å². The first-order valence-electron chi connectivity index (χ1n) is 37.4. The Morgan fingerprint density at radius 2 is 0.645 bits per heavy atom. The smallest absolute Gasteiger partial charge is 0.263 e. The number of nitriles is 1. The number of benzene rings is 11. The average Bonchev–Trinajstić information content (AvgIpc) is 0.811. The second kappa shape index (κ2) is 39.7. The molecule has 17 aromatic rings. The van der Waals surface area contributed by atoms with Gasteiger partial charge in [-0.05, 0) is 147 Å². The van der Waals surface area contributed by atoms with Gasteiger partial charge in [0.25, 0.3) is 46.0 Å². The van der Waals surface area contributed by atoms with Crippen molar-refractivity contribution in [2.75, 3.05) is 42.3 Å². The fourth-order valence-electron chi connectivity index (χ4n) is 12.1. The molecule has 0 spiro atoms. The number of nitrogens with one attached hydrogen (secondary N) is 6. The number of anilines is 6. The molecule has 0 aliphatic carbocycles. The summed E-state index contributed by atoms with van der Waals surface area (Å²) in [5.41, 5.74) is 3.95. The summed E-state index contributed by atoms with van der Waals surface area (Å²) in [7, 11) is -20.1. The zero-order valence-corrected chi connectivity index (χ0v) is 71.3. The van der Waals surface area contributed by atoms with Crippen molar-refractivity contribution >= 4 is 165 Å². The first-order chi connectivity index (χ1) is 59.5. The lowest BCUT2D eigenvalue weighted by atomic mass is 10.1. The topological polar surface area (TPSA) is 404 Å². The van der Waals surface area contributed by atoms with Gasteiger partial charge in [-0.1, -0.05) is 146 Å². The molecule has 27 nitrogen and oxygen atoms in total. The molecule has 11 aromatic carbocycles. The number of hydrogen-bond donors (Lipinski definition) is 6. The molecule has 0 saturated heterocycles. The second-order valence-electron chi connectivity index (χ2n) is 27.2. The quantitative estimate of drug-likeness (QED) is 0.0438. The van der Waals surface area contributed by atoms with Crippen LogP contribution in [0.3, 0.4) is 0 Å². The van der Waals surface area contributed by atoms with Gasteiger partial charge < -0.3 is 10.1 Å². The minimum Gasteiger partial charge on any atom is -0.497 e. The number of pyridine rings is 6. The Balaban J connectivity index is 0.000000136. The van der Waals surface area contributed by atoms with Crippen LogP contribution in [0, 0.1) is 11.3 Å². The molecule has 0 saturated carbocycles. The van der Waals surface area contributed by atoms with E-state index < -0.39 is 65.2 Å². The number of ether oxygens (including phenoxy) is 1. The number of amides is 1. The lowest BCUT2D eigenvalue weighted by Crippen LogP contribution is -2.22. The molecule has 626 valence electrons. The Kier molecular flexibility index (Phi) is 28.4. The van der Waals surface area contributed by atoms with Crippen molar-refractivity contribution in [3.8, 4) is 11.8 Å². The van der Waals surface area contributed by atoms with E-state index in [1.165, 1.54) is 61.8 Å². The molecular formula is C91H77N13O14S6. The summed E-state index contributed by atoms with van der Waals surface area (Å²) in [6.45, 7) is 3.30. The van der Waals surface area contributed by atoms with Gasteiger partial charge in [0.2, 0.25) is 10.0 Å². The summed E-state index contributed by atoms with van der Waals surface area (Å²) in [6.07, 6.45) is 20.9. The van der Waals surface area contributed by atoms with Gasteiger partial charge in [0, 0.05) is 138 Å². The maximum absolute atomic E-state index is 12.5. The number of nitrogens with zero attached hydrogens (tertiary/aromatic N) is 7. The lowest BCUT2D eigenvalue weighted by molar-refractivity contribution is 0.102. The van der Waals surface area contributed by atoms with Gasteiger partial charge in [-0.3, -0.25) is 58.3 Å². The van der Waals surface area contributed by atoms with Crippen LogP contribution in [0.25, 0.3) is 64.6 Å². The fourth-order valence-corrected chi connectivity index (χ4v) is 18.0. The first kappa shape index (κ1) is 88.6. The van der Waals surface area contributed by atoms with Crippen LogP contribution in [0.2, 0.25) is 0 Å². The maximum atomic E-state index is 12.5. The molecule has 6 aromatic heterocycles. The Bertz CT molecular complexity index is 7470. The Morgan fingerprint density at radius 3 is 1.06 bits per heavy atom. The maximum Gasteiger partial charge on any atom is 0.263 e. The van der Waals surface area contributed by atoms with E-state index in [2.05, 4.69) is 58.8 Å². The molecule has 33 heteroatoms. The van der Waals surface area contributed by atoms with Crippen LogP contribution in [-0.2, 0) is 60.0 Å². The van der Waals surface area contributed by atoms with Crippen LogP contribution < -0.4 is 33.7 Å². The van der Waals surface area contributed by atoms with E-state index in [4.69, 9.17) is 10.00 Å². The van der Waals surface area contributed by atoms with Crippen LogP contribution in [-0.4, -0.2) is 105 Å². The molecule has 0 radical (unpaired) electrons. The summed E-state index contributed by atoms with van der Waals surface area (Å²) in [6, 6.07) is 80.5. The van der Waals surface area contributed by atoms with Crippen LogP contribution in [0.4, 0.5) is 34.1 Å². The Morgan fingerprint density at radius 1 is 0.323 bits per heavy atom. The zero-order valence-electron chi connectivity index (χ0n) is 66.4. The van der Waals surface area contributed by atoms with Crippen molar-refractivity contribution < 1.29 is 60.0 Å².